The van der Waals surface area contributed by atoms with Crippen LogP contribution >= 0.6 is 11.3 Å². The molecule has 0 aliphatic rings. The first-order valence-corrected chi connectivity index (χ1v) is 5.61. The summed E-state index contributed by atoms with van der Waals surface area (Å²) < 4.78 is 1.90. The average Bonchev–Trinajstić information content (AvgIpc) is 2.65. The minimum Gasteiger partial charge on any atom is -0.268 e. The van der Waals surface area contributed by atoms with E-state index in [9.17, 15) is 0 Å². The molecule has 0 saturated carbocycles. The van der Waals surface area contributed by atoms with Crippen molar-refractivity contribution in [2.45, 2.75) is 27.7 Å². The molecule has 2 aromatic rings. The van der Waals surface area contributed by atoms with Crippen molar-refractivity contribution in [1.29, 1.82) is 0 Å². The van der Waals surface area contributed by atoms with Crippen LogP contribution in [-0.4, -0.2) is 14.6 Å². The standard InChI is InChI=1S/C10H14N4S/c1-6-8(3)14(5-11-6)13-10-12-7(2)9(4)15-10/h5H,1-4H3,(H,12,13). The summed E-state index contributed by atoms with van der Waals surface area (Å²) in [5.41, 5.74) is 6.44. The second-order valence-electron chi connectivity index (χ2n) is 3.56. The summed E-state index contributed by atoms with van der Waals surface area (Å²) in [6.07, 6.45) is 1.77. The Labute approximate surface area is 93.0 Å². The third kappa shape index (κ3) is 1.87. The minimum absolute atomic E-state index is 0.908. The highest BCUT2D eigenvalue weighted by molar-refractivity contribution is 7.15. The Morgan fingerprint density at radius 1 is 1.20 bits per heavy atom. The fourth-order valence-corrected chi connectivity index (χ4v) is 2.04. The van der Waals surface area contributed by atoms with Crippen LogP contribution in [0.3, 0.4) is 0 Å². The normalized spacial score (nSPS) is 10.7. The molecule has 0 spiro atoms. The number of nitrogens with zero attached hydrogens (tertiary/aromatic N) is 3. The first-order valence-electron chi connectivity index (χ1n) is 4.79. The Balaban J connectivity index is 2.25. The van der Waals surface area contributed by atoms with Crippen LogP contribution < -0.4 is 5.43 Å². The molecule has 0 radical (unpaired) electrons. The van der Waals surface area contributed by atoms with Gasteiger partial charge >= 0.3 is 0 Å². The van der Waals surface area contributed by atoms with Crippen LogP contribution in [0.2, 0.25) is 0 Å². The fraction of sp³-hybridized carbons (Fsp3) is 0.400. The van der Waals surface area contributed by atoms with E-state index >= 15 is 0 Å². The fourth-order valence-electron chi connectivity index (χ4n) is 1.23. The van der Waals surface area contributed by atoms with Crippen molar-refractivity contribution in [2.75, 3.05) is 5.43 Å². The zero-order valence-electron chi connectivity index (χ0n) is 9.33. The SMILES string of the molecule is Cc1nc(Nn2cnc(C)c2C)sc1C. The van der Waals surface area contributed by atoms with Gasteiger partial charge in [0.15, 0.2) is 0 Å². The van der Waals surface area contributed by atoms with Gasteiger partial charge in [0.05, 0.1) is 17.1 Å². The molecule has 2 aromatic heterocycles. The number of thiazole rings is 1. The van der Waals surface area contributed by atoms with E-state index in [4.69, 9.17) is 0 Å². The Morgan fingerprint density at radius 3 is 2.40 bits per heavy atom. The number of hydrogen-bond acceptors (Lipinski definition) is 4. The van der Waals surface area contributed by atoms with Crippen LogP contribution in [0.1, 0.15) is 22.0 Å². The molecule has 0 aliphatic carbocycles. The van der Waals surface area contributed by atoms with Gasteiger partial charge in [0.2, 0.25) is 5.13 Å². The third-order valence-electron chi connectivity index (χ3n) is 2.50. The molecule has 0 aromatic carbocycles. The van der Waals surface area contributed by atoms with Crippen LogP contribution in [0.5, 0.6) is 0 Å². The van der Waals surface area contributed by atoms with E-state index in [-0.39, 0.29) is 0 Å². The van der Waals surface area contributed by atoms with Crippen molar-refractivity contribution >= 4 is 16.5 Å². The van der Waals surface area contributed by atoms with Crippen molar-refractivity contribution in [1.82, 2.24) is 14.6 Å². The molecule has 0 saturated heterocycles. The van der Waals surface area contributed by atoms with Gasteiger partial charge in [0, 0.05) is 4.88 Å². The summed E-state index contributed by atoms with van der Waals surface area (Å²) in [5.74, 6) is 0. The van der Waals surface area contributed by atoms with Crippen molar-refractivity contribution in [3.05, 3.63) is 28.3 Å². The van der Waals surface area contributed by atoms with Gasteiger partial charge in [-0.3, -0.25) is 5.43 Å². The monoisotopic (exact) mass is 222 g/mol. The second-order valence-corrected chi connectivity index (χ2v) is 4.76. The topological polar surface area (TPSA) is 42.7 Å². The molecule has 4 nitrogen and oxygen atoms in total. The molecule has 0 amide bonds. The van der Waals surface area contributed by atoms with E-state index in [1.807, 2.05) is 25.4 Å². The first-order chi connectivity index (χ1) is 7.08. The molecule has 0 unspecified atom stereocenters. The van der Waals surface area contributed by atoms with Gasteiger partial charge < -0.3 is 0 Å². The number of anilines is 1. The van der Waals surface area contributed by atoms with Crippen molar-refractivity contribution in [3.8, 4) is 0 Å². The summed E-state index contributed by atoms with van der Waals surface area (Å²) in [5, 5.41) is 0.908. The maximum absolute atomic E-state index is 4.41. The van der Waals surface area contributed by atoms with Gasteiger partial charge in [0.25, 0.3) is 0 Å². The lowest BCUT2D eigenvalue weighted by Crippen LogP contribution is -2.09. The lowest BCUT2D eigenvalue weighted by Gasteiger charge is -2.04. The molecule has 0 bridgehead atoms. The van der Waals surface area contributed by atoms with E-state index in [0.29, 0.717) is 0 Å². The number of aryl methyl sites for hydroxylation is 3. The highest BCUT2D eigenvalue weighted by Gasteiger charge is 2.06. The summed E-state index contributed by atoms with van der Waals surface area (Å²) in [7, 11) is 0. The van der Waals surface area contributed by atoms with Crippen LogP contribution in [0.15, 0.2) is 6.33 Å². The predicted octanol–water partition coefficient (Wildman–Crippen LogP) is 2.45. The van der Waals surface area contributed by atoms with E-state index in [1.54, 1.807) is 17.7 Å². The lowest BCUT2D eigenvalue weighted by molar-refractivity contribution is 0.904. The molecule has 15 heavy (non-hydrogen) atoms. The van der Waals surface area contributed by atoms with Crippen LogP contribution in [0.4, 0.5) is 5.13 Å². The van der Waals surface area contributed by atoms with Crippen LogP contribution in [0.25, 0.3) is 0 Å². The minimum atomic E-state index is 0.908. The maximum Gasteiger partial charge on any atom is 0.202 e. The summed E-state index contributed by atoms with van der Waals surface area (Å²) >= 11 is 1.66. The number of hydrogen-bond donors (Lipinski definition) is 1. The van der Waals surface area contributed by atoms with Gasteiger partial charge in [0.1, 0.15) is 6.33 Å². The lowest BCUT2D eigenvalue weighted by atomic mass is 10.4. The number of nitrogens with one attached hydrogen (secondary N) is 1. The quantitative estimate of drug-likeness (QED) is 0.848. The van der Waals surface area contributed by atoms with Crippen molar-refractivity contribution in [3.63, 3.8) is 0 Å². The molecule has 2 rings (SSSR count). The Kier molecular flexibility index (Phi) is 2.48. The Bertz CT molecular complexity index is 464. The van der Waals surface area contributed by atoms with Crippen LogP contribution in [-0.2, 0) is 0 Å². The smallest absolute Gasteiger partial charge is 0.202 e. The average molecular weight is 222 g/mol. The number of aromatic nitrogens is 3. The molecule has 0 atom stereocenters. The van der Waals surface area contributed by atoms with E-state index < -0.39 is 0 Å². The van der Waals surface area contributed by atoms with Gasteiger partial charge in [-0.25, -0.2) is 14.6 Å². The molecule has 0 fully saturated rings. The first kappa shape index (κ1) is 10.2. The molecule has 5 heteroatoms. The summed E-state index contributed by atoms with van der Waals surface area (Å²) in [6, 6.07) is 0. The third-order valence-corrected chi connectivity index (χ3v) is 3.47. The van der Waals surface area contributed by atoms with Crippen LogP contribution in [0, 0.1) is 27.7 Å². The second kappa shape index (κ2) is 3.66. The highest BCUT2D eigenvalue weighted by atomic mass is 32.1. The van der Waals surface area contributed by atoms with Crippen molar-refractivity contribution in [2.24, 2.45) is 0 Å². The van der Waals surface area contributed by atoms with E-state index in [0.717, 1.165) is 22.2 Å². The maximum atomic E-state index is 4.41. The Morgan fingerprint density at radius 2 is 1.93 bits per heavy atom. The predicted molar refractivity (Wildman–Crippen MR) is 62.3 cm³/mol. The largest absolute Gasteiger partial charge is 0.268 e. The van der Waals surface area contributed by atoms with Gasteiger partial charge in [-0.2, -0.15) is 0 Å². The number of rotatable bonds is 2. The highest BCUT2D eigenvalue weighted by Crippen LogP contribution is 2.21. The van der Waals surface area contributed by atoms with Gasteiger partial charge in [-0.15, -0.1) is 11.3 Å². The molecule has 1 N–H and O–H groups in total. The molecule has 2 heterocycles. The zero-order valence-corrected chi connectivity index (χ0v) is 10.1. The van der Waals surface area contributed by atoms with Crippen molar-refractivity contribution < 1.29 is 0 Å². The zero-order chi connectivity index (χ0) is 11.0. The molecule has 80 valence electrons. The van der Waals surface area contributed by atoms with Gasteiger partial charge in [-0.05, 0) is 27.7 Å². The van der Waals surface area contributed by atoms with E-state index in [2.05, 4.69) is 22.3 Å². The molecular formula is C10H14N4S. The molecular weight excluding hydrogens is 208 g/mol. The van der Waals surface area contributed by atoms with E-state index in [1.165, 1.54) is 4.88 Å². The molecule has 0 aliphatic heterocycles. The Hall–Kier alpha value is -1.36. The number of imidazole rings is 1. The summed E-state index contributed by atoms with van der Waals surface area (Å²) in [4.78, 5) is 9.88. The van der Waals surface area contributed by atoms with Gasteiger partial charge in [-0.1, -0.05) is 0 Å². The summed E-state index contributed by atoms with van der Waals surface area (Å²) in [6.45, 7) is 8.11.